The number of aliphatic hydroxyl groups is 16. The fourth-order valence-electron chi connectivity index (χ4n) is 7.30. The number of hydrogen-bond donors (Lipinski definition) is 17. The van der Waals surface area contributed by atoms with E-state index in [1.54, 1.807) is 0 Å². The van der Waals surface area contributed by atoms with E-state index < -0.39 is 174 Å². The fourth-order valence-corrected chi connectivity index (χ4v) is 7.30. The molecule has 0 bridgehead atoms. The van der Waals surface area contributed by atoms with Gasteiger partial charge in [-0.2, -0.15) is 0 Å². The van der Waals surface area contributed by atoms with Crippen LogP contribution < -0.4 is 5.32 Å². The van der Waals surface area contributed by atoms with Crippen molar-refractivity contribution >= 4 is 0 Å². The van der Waals surface area contributed by atoms with E-state index in [1.165, 1.54) is 13.0 Å². The molecule has 24 nitrogen and oxygen atoms in total. The monoisotopic (exact) mass is 807 g/mol. The molecule has 4 heterocycles. The van der Waals surface area contributed by atoms with Gasteiger partial charge < -0.3 is 120 Å². The highest BCUT2D eigenvalue weighted by Gasteiger charge is 2.55. The zero-order valence-corrected chi connectivity index (χ0v) is 29.3. The first kappa shape index (κ1) is 44.9. The van der Waals surface area contributed by atoms with E-state index in [-0.39, 0.29) is 5.57 Å². The molecule has 4 fully saturated rings. The molecule has 0 aromatic heterocycles. The lowest BCUT2D eigenvalue weighted by molar-refractivity contribution is -0.385. The van der Waals surface area contributed by atoms with Crippen LogP contribution >= 0.6 is 0 Å². The van der Waals surface area contributed by atoms with Crippen LogP contribution in [0.4, 0.5) is 0 Å². The molecular formula is C31H53NO23. The van der Waals surface area contributed by atoms with Crippen molar-refractivity contribution in [2.75, 3.05) is 26.4 Å². The Morgan fingerprint density at radius 3 is 1.38 bits per heavy atom. The first-order valence-corrected chi connectivity index (χ1v) is 17.6. The summed E-state index contributed by atoms with van der Waals surface area (Å²) < 4.78 is 38.7. The summed E-state index contributed by atoms with van der Waals surface area (Å²) in [5, 5.41) is 169. The Balaban J connectivity index is 1.22. The molecule has 0 saturated carbocycles. The van der Waals surface area contributed by atoms with Gasteiger partial charge in [-0.25, -0.2) is 0 Å². The van der Waals surface area contributed by atoms with Crippen molar-refractivity contribution in [3.8, 4) is 0 Å². The molecule has 0 aromatic rings. The van der Waals surface area contributed by atoms with E-state index in [9.17, 15) is 81.7 Å². The Labute approximate surface area is 312 Å². The smallest absolute Gasteiger partial charge is 0.187 e. The molecule has 17 N–H and O–H groups in total. The standard InChI is InChI=1S/C31H53NO23/c1-7-13(32-9-2-8(3-33)14(37)17(40)15(9)38)16(39)22(45)29(49-7)53-26-11(5-35)51-31(23(46)19(26)42)55-27-12(6-36)52-30(24(47)20(27)43)54-25-10(4-34)50-28(48)21(44)18(25)41/h2,7,9-48H,3-6H2,1H3/t7?,9-,10?,11+,12?,13+,14+,15-,16+,17-,18-,19+,20-,21-,22-,23+,24-,25+,26+,27-,28?,29+,30+,31+/m0/s1. The lowest BCUT2D eigenvalue weighted by Gasteiger charge is -2.49. The minimum absolute atomic E-state index is 0.00324. The maximum atomic E-state index is 11.1. The lowest BCUT2D eigenvalue weighted by atomic mass is 9.86. The Bertz CT molecular complexity index is 1250. The Morgan fingerprint density at radius 1 is 0.509 bits per heavy atom. The van der Waals surface area contributed by atoms with Gasteiger partial charge in [0, 0.05) is 0 Å². The van der Waals surface area contributed by atoms with Crippen LogP contribution in [0.5, 0.6) is 0 Å². The summed E-state index contributed by atoms with van der Waals surface area (Å²) in [4.78, 5) is 0. The normalized spacial score (nSPS) is 52.5. The second-order valence-electron chi connectivity index (χ2n) is 14.2. The molecule has 4 aliphatic heterocycles. The zero-order chi connectivity index (χ0) is 40.6. The largest absolute Gasteiger partial charge is 0.394 e. The lowest BCUT2D eigenvalue weighted by Crippen LogP contribution is -2.68. The molecule has 0 spiro atoms. The number of rotatable bonds is 12. The van der Waals surface area contributed by atoms with E-state index in [0.29, 0.717) is 0 Å². The minimum Gasteiger partial charge on any atom is -0.394 e. The van der Waals surface area contributed by atoms with Gasteiger partial charge in [-0.05, 0) is 12.5 Å². The predicted molar refractivity (Wildman–Crippen MR) is 170 cm³/mol. The first-order chi connectivity index (χ1) is 26.0. The fraction of sp³-hybridized carbons (Fsp3) is 0.935. The van der Waals surface area contributed by atoms with E-state index in [1.807, 2.05) is 0 Å². The van der Waals surface area contributed by atoms with Gasteiger partial charge in [0.25, 0.3) is 0 Å². The van der Waals surface area contributed by atoms with Crippen LogP contribution in [-0.4, -0.2) is 255 Å². The van der Waals surface area contributed by atoms with Crippen molar-refractivity contribution in [2.45, 2.75) is 154 Å². The van der Waals surface area contributed by atoms with Gasteiger partial charge in [0.2, 0.25) is 0 Å². The van der Waals surface area contributed by atoms with Gasteiger partial charge in [0.05, 0.1) is 44.6 Å². The highest BCUT2D eigenvalue weighted by atomic mass is 16.8. The second-order valence-corrected chi connectivity index (χ2v) is 14.2. The summed E-state index contributed by atoms with van der Waals surface area (Å²) in [6.07, 6.45) is -36.9. The molecule has 4 unspecified atom stereocenters. The molecule has 1 aliphatic carbocycles. The van der Waals surface area contributed by atoms with Crippen LogP contribution in [0.1, 0.15) is 6.92 Å². The predicted octanol–water partition coefficient (Wildman–Crippen LogP) is -10.7. The number of nitrogens with one attached hydrogen (secondary N) is 1. The van der Waals surface area contributed by atoms with E-state index in [4.69, 9.17) is 33.2 Å². The van der Waals surface area contributed by atoms with Gasteiger partial charge >= 0.3 is 0 Å². The Kier molecular flexibility index (Phi) is 15.3. The quantitative estimate of drug-likeness (QED) is 0.0814. The van der Waals surface area contributed by atoms with Crippen LogP contribution in [0, 0.1) is 0 Å². The van der Waals surface area contributed by atoms with Crippen LogP contribution in [-0.2, 0) is 33.2 Å². The molecule has 0 aromatic carbocycles. The van der Waals surface area contributed by atoms with Gasteiger partial charge in [-0.15, -0.1) is 0 Å². The summed E-state index contributed by atoms with van der Waals surface area (Å²) in [6.45, 7) is -1.84. The molecule has 0 amide bonds. The van der Waals surface area contributed by atoms with Crippen LogP contribution in [0.25, 0.3) is 0 Å². The van der Waals surface area contributed by atoms with Crippen molar-refractivity contribution in [1.29, 1.82) is 0 Å². The van der Waals surface area contributed by atoms with Crippen molar-refractivity contribution in [3.05, 3.63) is 11.6 Å². The topological polar surface area (TPSA) is 400 Å². The maximum Gasteiger partial charge on any atom is 0.187 e. The highest BCUT2D eigenvalue weighted by molar-refractivity contribution is 5.22. The van der Waals surface area contributed by atoms with E-state index in [0.717, 1.165) is 0 Å². The third-order valence-corrected chi connectivity index (χ3v) is 10.6. The molecule has 24 heteroatoms. The average Bonchev–Trinajstić information content (AvgIpc) is 3.17. The van der Waals surface area contributed by atoms with Gasteiger partial charge in [-0.3, -0.25) is 0 Å². The van der Waals surface area contributed by atoms with Gasteiger partial charge in [0.1, 0.15) is 104 Å². The summed E-state index contributed by atoms with van der Waals surface area (Å²) in [6, 6.07) is -2.26. The molecule has 24 atom stereocenters. The van der Waals surface area contributed by atoms with Gasteiger partial charge in [-0.1, -0.05) is 6.08 Å². The Morgan fingerprint density at radius 2 is 0.927 bits per heavy atom. The second kappa shape index (κ2) is 18.8. The summed E-state index contributed by atoms with van der Waals surface area (Å²) in [5.41, 5.74) is -0.00324. The van der Waals surface area contributed by atoms with Crippen LogP contribution in [0.2, 0.25) is 0 Å². The summed E-state index contributed by atoms with van der Waals surface area (Å²) >= 11 is 0. The van der Waals surface area contributed by atoms with Crippen LogP contribution in [0.3, 0.4) is 0 Å². The minimum atomic E-state index is -2.04. The van der Waals surface area contributed by atoms with Crippen molar-refractivity contribution in [1.82, 2.24) is 5.32 Å². The van der Waals surface area contributed by atoms with Crippen molar-refractivity contribution in [3.63, 3.8) is 0 Å². The number of hydrogen-bond acceptors (Lipinski definition) is 24. The average molecular weight is 808 g/mol. The van der Waals surface area contributed by atoms with E-state index in [2.05, 4.69) is 5.32 Å². The molecule has 0 radical (unpaired) electrons. The van der Waals surface area contributed by atoms with Crippen LogP contribution in [0.15, 0.2) is 11.6 Å². The third kappa shape index (κ3) is 9.03. The van der Waals surface area contributed by atoms with Crippen molar-refractivity contribution in [2.24, 2.45) is 0 Å². The van der Waals surface area contributed by atoms with E-state index >= 15 is 0 Å². The molecule has 55 heavy (non-hydrogen) atoms. The molecule has 5 rings (SSSR count). The maximum absolute atomic E-state index is 11.1. The summed E-state index contributed by atoms with van der Waals surface area (Å²) in [5.74, 6) is 0. The SMILES string of the molecule is CC1O[C@H](O[C@H]2[C@H](O)[C@@H](O)[C@@H](O[C@H]3C(CO)O[C@H](O[C@@H]4C(CO)OC(O)[C@@H](O)[C@@H]4O)[C@@H](O)[C@@H]3O)O[C@@H]2CO)[C@@H](O)[C@H](O)[C@@H]1N[C@H]1C=C(CO)[C@@H](O)[C@H](O)[C@H]1O. The molecule has 4 saturated heterocycles. The molecule has 320 valence electrons. The molecular weight excluding hydrogens is 754 g/mol. The Hall–Kier alpha value is -1.22. The van der Waals surface area contributed by atoms with Crippen molar-refractivity contribution < 1.29 is 115 Å². The molecule has 5 aliphatic rings. The summed E-state index contributed by atoms with van der Waals surface area (Å²) in [7, 11) is 0. The third-order valence-electron chi connectivity index (χ3n) is 10.6. The zero-order valence-electron chi connectivity index (χ0n) is 29.3. The number of aliphatic hydroxyl groups excluding tert-OH is 16. The van der Waals surface area contributed by atoms with Gasteiger partial charge in [0.15, 0.2) is 25.2 Å². The first-order valence-electron chi connectivity index (χ1n) is 17.6. The number of ether oxygens (including phenoxy) is 7. The highest BCUT2D eigenvalue weighted by Crippen LogP contribution is 2.34.